The van der Waals surface area contributed by atoms with E-state index >= 15 is 0 Å². The average Bonchev–Trinajstić information content (AvgIpc) is 2.73. The zero-order chi connectivity index (χ0) is 13.2. The highest BCUT2D eigenvalue weighted by molar-refractivity contribution is 4.90. The molecule has 2 atom stereocenters. The number of hydrogen-bond acceptors (Lipinski definition) is 1. The lowest BCUT2D eigenvalue weighted by Gasteiger charge is -2.41. The molecule has 0 aromatic rings. The maximum absolute atomic E-state index is 3.94. The van der Waals surface area contributed by atoms with Crippen LogP contribution in [0.4, 0.5) is 0 Å². The van der Waals surface area contributed by atoms with Gasteiger partial charge in [-0.1, -0.05) is 40.5 Å². The predicted molar refractivity (Wildman–Crippen MR) is 79.8 cm³/mol. The smallest absolute Gasteiger partial charge is 0.00749 e. The normalized spacial score (nSPS) is 34.7. The van der Waals surface area contributed by atoms with Gasteiger partial charge in [0.1, 0.15) is 0 Å². The van der Waals surface area contributed by atoms with Gasteiger partial charge in [-0.2, -0.15) is 0 Å². The Morgan fingerprint density at radius 2 is 1.78 bits per heavy atom. The van der Waals surface area contributed by atoms with Crippen molar-refractivity contribution in [3.63, 3.8) is 0 Å². The Hall–Kier alpha value is -0.0400. The van der Waals surface area contributed by atoms with Crippen LogP contribution in [-0.4, -0.2) is 12.6 Å². The summed E-state index contributed by atoms with van der Waals surface area (Å²) in [5, 5.41) is 3.94. The average molecular weight is 251 g/mol. The van der Waals surface area contributed by atoms with Crippen molar-refractivity contribution < 1.29 is 0 Å². The van der Waals surface area contributed by atoms with Crippen LogP contribution in [0.3, 0.4) is 0 Å². The predicted octanol–water partition coefficient (Wildman–Crippen LogP) is 4.76. The molecule has 0 saturated heterocycles. The Balaban J connectivity index is 1.85. The van der Waals surface area contributed by atoms with Gasteiger partial charge >= 0.3 is 0 Å². The Labute approximate surface area is 114 Å². The summed E-state index contributed by atoms with van der Waals surface area (Å²) in [4.78, 5) is 0. The minimum absolute atomic E-state index is 0.546. The molecule has 0 radical (unpaired) electrons. The molecule has 2 saturated carbocycles. The highest BCUT2D eigenvalue weighted by Gasteiger charge is 2.35. The first-order chi connectivity index (χ1) is 8.45. The van der Waals surface area contributed by atoms with Crippen LogP contribution in [0.15, 0.2) is 0 Å². The lowest BCUT2D eigenvalue weighted by atomic mass is 9.70. The van der Waals surface area contributed by atoms with Gasteiger partial charge in [-0.25, -0.2) is 0 Å². The SMILES string of the molecule is CCC1(CNC2CC(C)CC(C)(C)C2)CCCC1. The molecule has 2 unspecified atom stereocenters. The van der Waals surface area contributed by atoms with Gasteiger partial charge in [0.25, 0.3) is 0 Å². The van der Waals surface area contributed by atoms with Gasteiger partial charge in [0.2, 0.25) is 0 Å². The summed E-state index contributed by atoms with van der Waals surface area (Å²) in [5.41, 5.74) is 1.19. The first-order valence-corrected chi connectivity index (χ1v) is 8.18. The zero-order valence-corrected chi connectivity index (χ0v) is 13.0. The molecule has 0 bridgehead atoms. The van der Waals surface area contributed by atoms with Gasteiger partial charge < -0.3 is 5.32 Å². The minimum atomic E-state index is 0.546. The Morgan fingerprint density at radius 1 is 1.11 bits per heavy atom. The van der Waals surface area contributed by atoms with Crippen LogP contribution in [0.1, 0.15) is 79.1 Å². The molecule has 106 valence electrons. The van der Waals surface area contributed by atoms with Crippen LogP contribution in [-0.2, 0) is 0 Å². The number of rotatable bonds is 4. The first-order valence-electron chi connectivity index (χ1n) is 8.18. The molecule has 18 heavy (non-hydrogen) atoms. The van der Waals surface area contributed by atoms with Crippen LogP contribution in [0.5, 0.6) is 0 Å². The highest BCUT2D eigenvalue weighted by Crippen LogP contribution is 2.42. The van der Waals surface area contributed by atoms with E-state index in [1.807, 2.05) is 0 Å². The lowest BCUT2D eigenvalue weighted by Crippen LogP contribution is -2.44. The summed E-state index contributed by atoms with van der Waals surface area (Å²) in [6.07, 6.45) is 11.4. The van der Waals surface area contributed by atoms with Gasteiger partial charge in [-0.15, -0.1) is 0 Å². The van der Waals surface area contributed by atoms with Crippen molar-refractivity contribution in [3.05, 3.63) is 0 Å². The fourth-order valence-corrected chi connectivity index (χ4v) is 4.64. The van der Waals surface area contributed by atoms with Crippen LogP contribution in [0.2, 0.25) is 0 Å². The first kappa shape index (κ1) is 14.4. The van der Waals surface area contributed by atoms with E-state index in [1.165, 1.54) is 57.9 Å². The largest absolute Gasteiger partial charge is 0.313 e. The molecule has 2 aliphatic carbocycles. The van der Waals surface area contributed by atoms with Crippen molar-refractivity contribution in [2.75, 3.05) is 6.54 Å². The van der Waals surface area contributed by atoms with E-state index in [-0.39, 0.29) is 0 Å². The van der Waals surface area contributed by atoms with E-state index in [2.05, 4.69) is 33.0 Å². The van der Waals surface area contributed by atoms with Crippen LogP contribution < -0.4 is 5.32 Å². The molecule has 2 rings (SSSR count). The summed E-state index contributed by atoms with van der Waals surface area (Å²) in [5.74, 6) is 0.896. The van der Waals surface area contributed by atoms with Crippen molar-refractivity contribution in [3.8, 4) is 0 Å². The molecule has 0 aromatic heterocycles. The third-order valence-corrected chi connectivity index (χ3v) is 5.57. The highest BCUT2D eigenvalue weighted by atomic mass is 14.9. The van der Waals surface area contributed by atoms with Crippen molar-refractivity contribution >= 4 is 0 Å². The lowest BCUT2D eigenvalue weighted by molar-refractivity contribution is 0.138. The standard InChI is InChI=1S/C17H33N/c1-5-17(8-6-7-9-17)13-18-15-10-14(2)11-16(3,4)12-15/h14-15,18H,5-13H2,1-4H3. The molecular formula is C17H33N. The monoisotopic (exact) mass is 251 g/mol. The van der Waals surface area contributed by atoms with Crippen molar-refractivity contribution in [1.29, 1.82) is 0 Å². The zero-order valence-electron chi connectivity index (χ0n) is 13.0. The van der Waals surface area contributed by atoms with Gasteiger partial charge in [-0.3, -0.25) is 0 Å². The van der Waals surface area contributed by atoms with Crippen molar-refractivity contribution in [1.82, 2.24) is 5.32 Å². The molecular weight excluding hydrogens is 218 g/mol. The Kier molecular flexibility index (Phi) is 4.41. The quantitative estimate of drug-likeness (QED) is 0.759. The molecule has 2 aliphatic rings. The van der Waals surface area contributed by atoms with E-state index < -0.39 is 0 Å². The second kappa shape index (κ2) is 5.53. The molecule has 2 fully saturated rings. The fraction of sp³-hybridized carbons (Fsp3) is 1.00. The van der Waals surface area contributed by atoms with Gasteiger partial charge in [0.15, 0.2) is 0 Å². The second-order valence-electron chi connectivity index (χ2n) is 8.05. The second-order valence-corrected chi connectivity index (χ2v) is 8.05. The van der Waals surface area contributed by atoms with Crippen molar-refractivity contribution in [2.45, 2.75) is 85.1 Å². The summed E-state index contributed by atoms with van der Waals surface area (Å²) >= 11 is 0. The number of hydrogen-bond donors (Lipinski definition) is 1. The van der Waals surface area contributed by atoms with Crippen molar-refractivity contribution in [2.24, 2.45) is 16.7 Å². The molecule has 0 spiro atoms. The van der Waals surface area contributed by atoms with E-state index in [0.29, 0.717) is 10.8 Å². The Morgan fingerprint density at radius 3 is 2.33 bits per heavy atom. The number of nitrogens with one attached hydrogen (secondary N) is 1. The fourth-order valence-electron chi connectivity index (χ4n) is 4.64. The molecule has 1 N–H and O–H groups in total. The van der Waals surface area contributed by atoms with Gasteiger partial charge in [0.05, 0.1) is 0 Å². The van der Waals surface area contributed by atoms with Crippen LogP contribution >= 0.6 is 0 Å². The third-order valence-electron chi connectivity index (χ3n) is 5.57. The van der Waals surface area contributed by atoms with Crippen LogP contribution in [0, 0.1) is 16.7 Å². The Bertz CT molecular complexity index is 263. The maximum Gasteiger partial charge on any atom is 0.00749 e. The maximum atomic E-state index is 3.94. The minimum Gasteiger partial charge on any atom is -0.313 e. The van der Waals surface area contributed by atoms with E-state index in [1.54, 1.807) is 0 Å². The molecule has 0 amide bonds. The molecule has 1 heteroatoms. The summed E-state index contributed by atoms with van der Waals surface area (Å²) < 4.78 is 0. The topological polar surface area (TPSA) is 12.0 Å². The molecule has 0 heterocycles. The molecule has 1 nitrogen and oxygen atoms in total. The molecule has 0 aromatic carbocycles. The summed E-state index contributed by atoms with van der Waals surface area (Å²) in [6, 6.07) is 0.771. The van der Waals surface area contributed by atoms with Gasteiger partial charge in [0, 0.05) is 12.6 Å². The van der Waals surface area contributed by atoms with Gasteiger partial charge in [-0.05, 0) is 55.3 Å². The van der Waals surface area contributed by atoms with E-state index in [9.17, 15) is 0 Å². The summed E-state index contributed by atoms with van der Waals surface area (Å²) in [7, 11) is 0. The van der Waals surface area contributed by atoms with E-state index in [4.69, 9.17) is 0 Å². The van der Waals surface area contributed by atoms with E-state index in [0.717, 1.165) is 12.0 Å². The summed E-state index contributed by atoms with van der Waals surface area (Å²) in [6.45, 7) is 11.0. The van der Waals surface area contributed by atoms with Crippen LogP contribution in [0.25, 0.3) is 0 Å². The third kappa shape index (κ3) is 3.50. The molecule has 0 aliphatic heterocycles.